The molecule has 19 heavy (non-hydrogen) atoms. The van der Waals surface area contributed by atoms with Crippen molar-refractivity contribution in [1.29, 1.82) is 0 Å². The predicted octanol–water partition coefficient (Wildman–Crippen LogP) is 4.64. The average molecular weight is 248 g/mol. The number of hydrogen-bond donors (Lipinski definition) is 0. The van der Waals surface area contributed by atoms with Gasteiger partial charge in [-0.3, -0.25) is 4.79 Å². The third-order valence-electron chi connectivity index (χ3n) is 3.92. The number of hydrogen-bond acceptors (Lipinski definition) is 1. The van der Waals surface area contributed by atoms with Crippen LogP contribution in [-0.2, 0) is 0 Å². The Kier molecular flexibility index (Phi) is 2.83. The fourth-order valence-corrected chi connectivity index (χ4v) is 2.70. The average Bonchev–Trinajstić information content (AvgIpc) is 2.77. The van der Waals surface area contributed by atoms with Crippen LogP contribution in [0.25, 0.3) is 10.8 Å². The number of aldehydes is 1. The maximum Gasteiger partial charge on any atom is 0.150 e. The molecule has 0 saturated carbocycles. The molecule has 1 aliphatic rings. The van der Waals surface area contributed by atoms with Gasteiger partial charge in [0.15, 0.2) is 0 Å². The summed E-state index contributed by atoms with van der Waals surface area (Å²) in [5, 5.41) is 2.31. The zero-order valence-electron chi connectivity index (χ0n) is 11.2. The third kappa shape index (κ3) is 2.01. The lowest BCUT2D eigenvalue weighted by Gasteiger charge is -2.11. The molecule has 2 aromatic carbocycles. The summed E-state index contributed by atoms with van der Waals surface area (Å²) in [5.74, 6) is 0.227. The Hall–Kier alpha value is -2.15. The van der Waals surface area contributed by atoms with Crippen molar-refractivity contribution in [2.75, 3.05) is 0 Å². The first-order valence-electron chi connectivity index (χ1n) is 6.54. The van der Waals surface area contributed by atoms with Gasteiger partial charge < -0.3 is 0 Å². The molecule has 0 atom stereocenters. The highest BCUT2D eigenvalue weighted by Crippen LogP contribution is 2.34. The smallest absolute Gasteiger partial charge is 0.150 e. The summed E-state index contributed by atoms with van der Waals surface area (Å²) in [5.41, 5.74) is 4.49. The highest BCUT2D eigenvalue weighted by atomic mass is 16.1. The van der Waals surface area contributed by atoms with Crippen LogP contribution >= 0.6 is 0 Å². The van der Waals surface area contributed by atoms with Gasteiger partial charge in [0.2, 0.25) is 0 Å². The van der Waals surface area contributed by atoms with E-state index in [0.29, 0.717) is 0 Å². The van der Waals surface area contributed by atoms with Crippen molar-refractivity contribution in [2.24, 2.45) is 0 Å². The van der Waals surface area contributed by atoms with Crippen LogP contribution in [0, 0.1) is 0 Å². The van der Waals surface area contributed by atoms with E-state index in [9.17, 15) is 4.79 Å². The molecule has 0 bridgehead atoms. The van der Waals surface area contributed by atoms with Gasteiger partial charge in [0, 0.05) is 11.5 Å². The molecule has 3 rings (SSSR count). The van der Waals surface area contributed by atoms with E-state index >= 15 is 0 Å². The van der Waals surface area contributed by atoms with Crippen molar-refractivity contribution in [3.05, 3.63) is 70.8 Å². The summed E-state index contributed by atoms with van der Waals surface area (Å²) >= 11 is 0. The van der Waals surface area contributed by atoms with Crippen molar-refractivity contribution < 1.29 is 4.79 Å². The van der Waals surface area contributed by atoms with Crippen LogP contribution in [0.1, 0.15) is 35.7 Å². The molecule has 2 aromatic rings. The first-order valence-corrected chi connectivity index (χ1v) is 6.54. The van der Waals surface area contributed by atoms with E-state index in [2.05, 4.69) is 38.1 Å². The summed E-state index contributed by atoms with van der Waals surface area (Å²) in [6, 6.07) is 12.3. The number of fused-ring (bicyclic) bond motifs is 1. The molecule has 0 spiro atoms. The first-order chi connectivity index (χ1) is 9.19. The van der Waals surface area contributed by atoms with Crippen LogP contribution in [0.15, 0.2) is 59.7 Å². The van der Waals surface area contributed by atoms with E-state index in [0.717, 1.165) is 22.8 Å². The van der Waals surface area contributed by atoms with Gasteiger partial charge >= 0.3 is 0 Å². The summed E-state index contributed by atoms with van der Waals surface area (Å²) in [6.07, 6.45) is 5.42. The predicted molar refractivity (Wildman–Crippen MR) is 79.6 cm³/mol. The SMILES string of the molecule is CC1=CC(c2cc3ccccc3cc2C=O)C=C1C. The molecule has 1 heteroatoms. The topological polar surface area (TPSA) is 17.1 Å². The van der Waals surface area contributed by atoms with Crippen LogP contribution in [0.5, 0.6) is 0 Å². The minimum Gasteiger partial charge on any atom is -0.298 e. The lowest BCUT2D eigenvalue weighted by Crippen LogP contribution is -1.96. The van der Waals surface area contributed by atoms with Gasteiger partial charge in [-0.1, -0.05) is 47.6 Å². The normalized spacial score (nSPS) is 15.5. The third-order valence-corrected chi connectivity index (χ3v) is 3.92. The molecule has 1 nitrogen and oxygen atoms in total. The van der Waals surface area contributed by atoms with Crippen LogP contribution in [0.2, 0.25) is 0 Å². The monoisotopic (exact) mass is 248 g/mol. The maximum atomic E-state index is 11.3. The zero-order chi connectivity index (χ0) is 13.4. The molecule has 0 aromatic heterocycles. The van der Waals surface area contributed by atoms with Crippen LogP contribution in [-0.4, -0.2) is 6.29 Å². The van der Waals surface area contributed by atoms with Gasteiger partial charge in [-0.25, -0.2) is 0 Å². The molecule has 0 amide bonds. The molecule has 0 aliphatic heterocycles. The molecule has 1 aliphatic carbocycles. The second-order valence-electron chi connectivity index (χ2n) is 5.17. The van der Waals surface area contributed by atoms with Gasteiger partial charge in [0.05, 0.1) is 0 Å². The highest BCUT2D eigenvalue weighted by molar-refractivity contribution is 5.91. The number of rotatable bonds is 2. The van der Waals surface area contributed by atoms with Gasteiger partial charge in [0.1, 0.15) is 6.29 Å². The Morgan fingerprint density at radius 3 is 2.11 bits per heavy atom. The molecule has 94 valence electrons. The minimum absolute atomic E-state index is 0.227. The van der Waals surface area contributed by atoms with Gasteiger partial charge in [0.25, 0.3) is 0 Å². The van der Waals surface area contributed by atoms with E-state index in [4.69, 9.17) is 0 Å². The summed E-state index contributed by atoms with van der Waals surface area (Å²) in [7, 11) is 0. The molecule has 0 saturated heterocycles. The Balaban J connectivity index is 2.20. The van der Waals surface area contributed by atoms with Gasteiger partial charge in [-0.2, -0.15) is 0 Å². The second kappa shape index (κ2) is 4.51. The highest BCUT2D eigenvalue weighted by Gasteiger charge is 2.17. The largest absolute Gasteiger partial charge is 0.298 e. The van der Waals surface area contributed by atoms with Crippen molar-refractivity contribution in [3.8, 4) is 0 Å². The Morgan fingerprint density at radius 2 is 1.53 bits per heavy atom. The maximum absolute atomic E-state index is 11.3. The molecular formula is C18H16O. The van der Waals surface area contributed by atoms with Gasteiger partial charge in [-0.05, 0) is 42.3 Å². The van der Waals surface area contributed by atoms with Crippen molar-refractivity contribution in [2.45, 2.75) is 19.8 Å². The summed E-state index contributed by atoms with van der Waals surface area (Å²) < 4.78 is 0. The minimum atomic E-state index is 0.227. The van der Waals surface area contributed by atoms with Crippen LogP contribution in [0.3, 0.4) is 0 Å². The summed E-state index contributed by atoms with van der Waals surface area (Å²) in [6.45, 7) is 4.24. The molecular weight excluding hydrogens is 232 g/mol. The lowest BCUT2D eigenvalue weighted by atomic mass is 9.92. The Morgan fingerprint density at radius 1 is 0.947 bits per heavy atom. The zero-order valence-corrected chi connectivity index (χ0v) is 11.2. The quantitative estimate of drug-likeness (QED) is 0.707. The number of allylic oxidation sites excluding steroid dienone is 4. The molecule has 0 radical (unpaired) electrons. The van der Waals surface area contributed by atoms with Crippen LogP contribution in [0.4, 0.5) is 0 Å². The Bertz CT molecular complexity index is 702. The van der Waals surface area contributed by atoms with E-state index < -0.39 is 0 Å². The first kappa shape index (κ1) is 11.9. The van der Waals surface area contributed by atoms with E-state index in [1.807, 2.05) is 24.3 Å². The Labute approximate surface area is 113 Å². The lowest BCUT2D eigenvalue weighted by molar-refractivity contribution is 0.112. The fourth-order valence-electron chi connectivity index (χ4n) is 2.70. The van der Waals surface area contributed by atoms with Gasteiger partial charge in [-0.15, -0.1) is 0 Å². The van der Waals surface area contributed by atoms with E-state index in [-0.39, 0.29) is 5.92 Å². The standard InChI is InChI=1S/C18H16O/c1-12-7-16(8-13(12)2)18-10-15-6-4-3-5-14(15)9-17(18)11-19/h3-11,16H,1-2H3. The number of carbonyl (C=O) groups excluding carboxylic acids is 1. The molecule has 0 N–H and O–H groups in total. The van der Waals surface area contributed by atoms with Crippen molar-refractivity contribution in [1.82, 2.24) is 0 Å². The summed E-state index contributed by atoms with van der Waals surface area (Å²) in [4.78, 5) is 11.3. The van der Waals surface area contributed by atoms with E-state index in [1.54, 1.807) is 0 Å². The van der Waals surface area contributed by atoms with E-state index in [1.165, 1.54) is 16.5 Å². The number of carbonyl (C=O) groups is 1. The van der Waals surface area contributed by atoms with Crippen molar-refractivity contribution in [3.63, 3.8) is 0 Å². The second-order valence-corrected chi connectivity index (χ2v) is 5.17. The van der Waals surface area contributed by atoms with Crippen LogP contribution < -0.4 is 0 Å². The number of benzene rings is 2. The molecule has 0 heterocycles. The fraction of sp³-hybridized carbons (Fsp3) is 0.167. The molecule has 0 fully saturated rings. The van der Waals surface area contributed by atoms with Crippen molar-refractivity contribution >= 4 is 17.1 Å². The molecule has 0 unspecified atom stereocenters.